The minimum absolute atomic E-state index is 0.0769. The fourth-order valence-corrected chi connectivity index (χ4v) is 2.89. The van der Waals surface area contributed by atoms with Crippen molar-refractivity contribution in [3.63, 3.8) is 0 Å². The minimum Gasteiger partial charge on any atom is -0.445 e. The molecule has 0 saturated carbocycles. The molecule has 2 heterocycles. The molecule has 0 saturated heterocycles. The number of hydrogen-bond donors (Lipinski definition) is 2. The molecule has 29 heavy (non-hydrogen) atoms. The molecule has 0 radical (unpaired) electrons. The van der Waals surface area contributed by atoms with Gasteiger partial charge < -0.3 is 14.8 Å². The Morgan fingerprint density at radius 1 is 1.45 bits per heavy atom. The van der Waals surface area contributed by atoms with Crippen molar-refractivity contribution >= 4 is 17.5 Å². The van der Waals surface area contributed by atoms with E-state index >= 15 is 0 Å². The SMILES string of the molecule is C[C@@H](Cn1ccc(-c2ccc(C#N)c(Cl)c2)n1)NC(=O)c1coc(C(C)(C)O)n1. The number of amides is 1. The van der Waals surface area contributed by atoms with Gasteiger partial charge in [0.1, 0.15) is 17.9 Å². The van der Waals surface area contributed by atoms with Crippen LogP contribution in [0, 0.1) is 11.3 Å². The van der Waals surface area contributed by atoms with Gasteiger partial charge in [0.05, 0.1) is 22.8 Å². The average molecular weight is 414 g/mol. The fraction of sp³-hybridized carbons (Fsp3) is 0.300. The Kier molecular flexibility index (Phi) is 5.73. The Balaban J connectivity index is 1.64. The van der Waals surface area contributed by atoms with Crippen molar-refractivity contribution in [1.29, 1.82) is 5.26 Å². The smallest absolute Gasteiger partial charge is 0.273 e. The van der Waals surface area contributed by atoms with Crippen molar-refractivity contribution in [2.45, 2.75) is 39.0 Å². The lowest BCUT2D eigenvalue weighted by molar-refractivity contribution is 0.0483. The fourth-order valence-electron chi connectivity index (χ4n) is 2.67. The molecule has 0 spiro atoms. The summed E-state index contributed by atoms with van der Waals surface area (Å²) in [6.45, 7) is 5.33. The number of nitrogens with one attached hydrogen (secondary N) is 1. The maximum atomic E-state index is 12.3. The van der Waals surface area contributed by atoms with Crippen molar-refractivity contribution in [2.24, 2.45) is 0 Å². The van der Waals surface area contributed by atoms with E-state index in [1.54, 1.807) is 29.1 Å². The van der Waals surface area contributed by atoms with Crippen LogP contribution in [0.5, 0.6) is 0 Å². The molecule has 0 unspecified atom stereocenters. The van der Waals surface area contributed by atoms with Crippen LogP contribution in [0.2, 0.25) is 5.02 Å². The Morgan fingerprint density at radius 2 is 2.21 bits per heavy atom. The summed E-state index contributed by atoms with van der Waals surface area (Å²) in [5, 5.41) is 26.5. The monoisotopic (exact) mass is 413 g/mol. The zero-order chi connectivity index (χ0) is 21.2. The van der Waals surface area contributed by atoms with Crippen LogP contribution in [0.1, 0.15) is 42.7 Å². The number of carbonyl (C=O) groups is 1. The molecule has 150 valence electrons. The molecule has 8 nitrogen and oxygen atoms in total. The molecule has 0 bridgehead atoms. The van der Waals surface area contributed by atoms with Gasteiger partial charge in [0.2, 0.25) is 5.89 Å². The van der Waals surface area contributed by atoms with Crippen LogP contribution in [0.25, 0.3) is 11.3 Å². The number of benzene rings is 1. The highest BCUT2D eigenvalue weighted by Gasteiger charge is 2.24. The number of aromatic nitrogens is 3. The Hall–Kier alpha value is -3.15. The lowest BCUT2D eigenvalue weighted by Crippen LogP contribution is -2.36. The number of nitriles is 1. The Morgan fingerprint density at radius 3 is 2.83 bits per heavy atom. The summed E-state index contributed by atoms with van der Waals surface area (Å²) in [7, 11) is 0. The third kappa shape index (κ3) is 4.83. The maximum Gasteiger partial charge on any atom is 0.273 e. The summed E-state index contributed by atoms with van der Waals surface area (Å²) in [4.78, 5) is 16.3. The molecular formula is C20H20ClN5O3. The largest absolute Gasteiger partial charge is 0.445 e. The van der Waals surface area contributed by atoms with Gasteiger partial charge in [-0.25, -0.2) is 4.98 Å². The number of oxazole rings is 1. The molecule has 9 heteroatoms. The zero-order valence-corrected chi connectivity index (χ0v) is 16.9. The summed E-state index contributed by atoms with van der Waals surface area (Å²) in [6, 6.07) is 8.76. The number of carbonyl (C=O) groups excluding carboxylic acids is 1. The number of rotatable bonds is 6. The molecular weight excluding hydrogens is 394 g/mol. The Labute approximate surface area is 172 Å². The van der Waals surface area contributed by atoms with Crippen molar-refractivity contribution < 1.29 is 14.3 Å². The summed E-state index contributed by atoms with van der Waals surface area (Å²) in [6.07, 6.45) is 3.02. The van der Waals surface area contributed by atoms with Gasteiger partial charge in [0, 0.05) is 17.8 Å². The molecule has 2 aromatic heterocycles. The van der Waals surface area contributed by atoms with Gasteiger partial charge in [-0.15, -0.1) is 0 Å². The molecule has 3 aromatic rings. The quantitative estimate of drug-likeness (QED) is 0.641. The number of nitrogens with zero attached hydrogens (tertiary/aromatic N) is 4. The van der Waals surface area contributed by atoms with Crippen LogP contribution >= 0.6 is 11.6 Å². The van der Waals surface area contributed by atoms with Crippen LogP contribution in [-0.2, 0) is 12.1 Å². The third-order valence-corrected chi connectivity index (χ3v) is 4.44. The van der Waals surface area contributed by atoms with E-state index in [0.717, 1.165) is 5.56 Å². The predicted octanol–water partition coefficient (Wildman–Crippen LogP) is 3.11. The second-order valence-corrected chi connectivity index (χ2v) is 7.61. The summed E-state index contributed by atoms with van der Waals surface area (Å²) >= 11 is 6.08. The first kappa shape index (κ1) is 20.6. The van der Waals surface area contributed by atoms with Gasteiger partial charge in [-0.05, 0) is 39.0 Å². The van der Waals surface area contributed by atoms with Crippen LogP contribution in [0.3, 0.4) is 0 Å². The number of aliphatic hydroxyl groups is 1. The van der Waals surface area contributed by atoms with Crippen molar-refractivity contribution in [3.05, 3.63) is 58.9 Å². The van der Waals surface area contributed by atoms with Gasteiger partial charge in [0.15, 0.2) is 5.69 Å². The van der Waals surface area contributed by atoms with E-state index in [1.807, 2.05) is 19.1 Å². The molecule has 1 atom stereocenters. The molecule has 0 aliphatic heterocycles. The first-order valence-electron chi connectivity index (χ1n) is 8.90. The number of hydrogen-bond acceptors (Lipinski definition) is 6. The van der Waals surface area contributed by atoms with E-state index in [1.165, 1.54) is 20.1 Å². The zero-order valence-electron chi connectivity index (χ0n) is 16.2. The second kappa shape index (κ2) is 8.07. The molecule has 0 aliphatic rings. The lowest BCUT2D eigenvalue weighted by Gasteiger charge is -2.13. The van der Waals surface area contributed by atoms with Gasteiger partial charge in [0.25, 0.3) is 5.91 Å². The van der Waals surface area contributed by atoms with E-state index in [9.17, 15) is 9.90 Å². The van der Waals surface area contributed by atoms with Gasteiger partial charge in [-0.1, -0.05) is 17.7 Å². The molecule has 1 aromatic carbocycles. The average Bonchev–Trinajstić information content (AvgIpc) is 3.31. The molecule has 3 rings (SSSR count). The highest BCUT2D eigenvalue weighted by Crippen LogP contribution is 2.24. The van der Waals surface area contributed by atoms with Gasteiger partial charge in [-0.2, -0.15) is 10.4 Å². The van der Waals surface area contributed by atoms with E-state index in [-0.39, 0.29) is 17.6 Å². The molecule has 2 N–H and O–H groups in total. The van der Waals surface area contributed by atoms with E-state index < -0.39 is 11.5 Å². The van der Waals surface area contributed by atoms with Crippen molar-refractivity contribution in [2.75, 3.05) is 0 Å². The van der Waals surface area contributed by atoms with Crippen LogP contribution in [-0.4, -0.2) is 31.8 Å². The van der Waals surface area contributed by atoms with E-state index in [4.69, 9.17) is 21.3 Å². The summed E-state index contributed by atoms with van der Waals surface area (Å²) in [5.41, 5.74) is 0.755. The summed E-state index contributed by atoms with van der Waals surface area (Å²) < 4.78 is 6.86. The van der Waals surface area contributed by atoms with Crippen LogP contribution in [0.4, 0.5) is 0 Å². The van der Waals surface area contributed by atoms with E-state index in [2.05, 4.69) is 15.4 Å². The first-order chi connectivity index (χ1) is 13.7. The highest BCUT2D eigenvalue weighted by molar-refractivity contribution is 6.32. The van der Waals surface area contributed by atoms with E-state index in [0.29, 0.717) is 22.8 Å². The topological polar surface area (TPSA) is 117 Å². The van der Waals surface area contributed by atoms with Gasteiger partial charge >= 0.3 is 0 Å². The van der Waals surface area contributed by atoms with Crippen LogP contribution in [0.15, 0.2) is 41.1 Å². The highest BCUT2D eigenvalue weighted by atomic mass is 35.5. The standard InChI is InChI=1S/C20H20ClN5O3/c1-12(23-18(27)17-11-29-19(24-17)20(2,3)28)10-26-7-6-16(25-26)13-4-5-14(9-22)15(21)8-13/h4-8,11-12,28H,10H2,1-3H3,(H,23,27)/t12-/m0/s1. The molecule has 0 aliphatic carbocycles. The second-order valence-electron chi connectivity index (χ2n) is 7.20. The Bertz CT molecular complexity index is 1070. The first-order valence-corrected chi connectivity index (χ1v) is 9.28. The minimum atomic E-state index is -1.26. The maximum absolute atomic E-state index is 12.3. The normalized spacial score (nSPS) is 12.4. The number of halogens is 1. The third-order valence-electron chi connectivity index (χ3n) is 4.12. The molecule has 1 amide bonds. The van der Waals surface area contributed by atoms with Crippen molar-refractivity contribution in [1.82, 2.24) is 20.1 Å². The van der Waals surface area contributed by atoms with Crippen molar-refractivity contribution in [3.8, 4) is 17.3 Å². The lowest BCUT2D eigenvalue weighted by atomic mass is 10.1. The molecule has 0 fully saturated rings. The predicted molar refractivity (Wildman–Crippen MR) is 106 cm³/mol. The van der Waals surface area contributed by atoms with Gasteiger partial charge in [-0.3, -0.25) is 9.48 Å². The van der Waals surface area contributed by atoms with Crippen LogP contribution < -0.4 is 5.32 Å². The summed E-state index contributed by atoms with van der Waals surface area (Å²) in [5.74, 6) is -0.323.